The van der Waals surface area contributed by atoms with Gasteiger partial charge in [0.15, 0.2) is 11.5 Å². The lowest BCUT2D eigenvalue weighted by Gasteiger charge is -2.26. The second-order valence-electron chi connectivity index (χ2n) is 10.4. The van der Waals surface area contributed by atoms with Crippen LogP contribution in [0.25, 0.3) is 22.4 Å². The van der Waals surface area contributed by atoms with Crippen LogP contribution in [0.5, 0.6) is 17.2 Å². The molecule has 1 fully saturated rings. The molecule has 0 aliphatic carbocycles. The molecule has 0 saturated carbocycles. The molecular weight excluding hydrogens is 538 g/mol. The molecule has 0 spiro atoms. The quantitative estimate of drug-likeness (QED) is 0.274. The van der Waals surface area contributed by atoms with Gasteiger partial charge in [-0.25, -0.2) is 4.79 Å². The Morgan fingerprint density at radius 3 is 2.50 bits per heavy atom. The number of amides is 1. The number of rotatable bonds is 10. The van der Waals surface area contributed by atoms with Gasteiger partial charge in [-0.05, 0) is 57.0 Å². The molecule has 0 unspecified atom stereocenters. The number of aromatic hydroxyl groups is 1. The molecule has 1 saturated heterocycles. The molecule has 3 aromatic rings. The average Bonchev–Trinajstić information content (AvgIpc) is 3.31. The van der Waals surface area contributed by atoms with Crippen LogP contribution in [0.4, 0.5) is 0 Å². The first-order valence-corrected chi connectivity index (χ1v) is 14.5. The summed E-state index contributed by atoms with van der Waals surface area (Å²) in [5.41, 5.74) is 4.80. The molecule has 0 atom stereocenters. The summed E-state index contributed by atoms with van der Waals surface area (Å²) >= 11 is 0. The molecule has 0 radical (unpaired) electrons. The number of morpholine rings is 1. The zero-order valence-electron chi connectivity index (χ0n) is 24.7. The van der Waals surface area contributed by atoms with Crippen LogP contribution in [0.2, 0.25) is 0 Å². The molecule has 2 aliphatic heterocycles. The Balaban J connectivity index is 1.52. The molecule has 5 rings (SSSR count). The molecular formula is C32H39N3O7. The first-order valence-electron chi connectivity index (χ1n) is 14.5. The van der Waals surface area contributed by atoms with Crippen molar-refractivity contribution in [2.75, 3.05) is 60.2 Å². The summed E-state index contributed by atoms with van der Waals surface area (Å²) in [6.45, 7) is 9.10. The second kappa shape index (κ2) is 12.9. The van der Waals surface area contributed by atoms with Crippen molar-refractivity contribution in [3.63, 3.8) is 0 Å². The molecule has 2 aromatic carbocycles. The predicted octanol–water partition coefficient (Wildman–Crippen LogP) is 4.04. The molecule has 3 heterocycles. The van der Waals surface area contributed by atoms with E-state index in [9.17, 15) is 14.7 Å². The molecule has 2 N–H and O–H groups in total. The minimum absolute atomic E-state index is 0.157. The van der Waals surface area contributed by atoms with E-state index in [0.717, 1.165) is 62.5 Å². The summed E-state index contributed by atoms with van der Waals surface area (Å²) in [6.07, 6.45) is 1.51. The van der Waals surface area contributed by atoms with Crippen molar-refractivity contribution in [2.24, 2.45) is 0 Å². The summed E-state index contributed by atoms with van der Waals surface area (Å²) in [4.78, 5) is 29.1. The Hall–Kier alpha value is -4.02. The van der Waals surface area contributed by atoms with E-state index in [0.29, 0.717) is 47.0 Å². The van der Waals surface area contributed by atoms with E-state index in [1.165, 1.54) is 0 Å². The van der Waals surface area contributed by atoms with Crippen molar-refractivity contribution >= 4 is 11.9 Å². The van der Waals surface area contributed by atoms with Crippen molar-refractivity contribution in [3.05, 3.63) is 52.7 Å². The van der Waals surface area contributed by atoms with Gasteiger partial charge in [0, 0.05) is 48.6 Å². The number of aromatic nitrogens is 1. The zero-order valence-corrected chi connectivity index (χ0v) is 24.7. The van der Waals surface area contributed by atoms with Crippen molar-refractivity contribution < 1.29 is 33.6 Å². The van der Waals surface area contributed by atoms with Crippen molar-refractivity contribution in [1.29, 1.82) is 0 Å². The van der Waals surface area contributed by atoms with E-state index < -0.39 is 5.97 Å². The lowest BCUT2D eigenvalue weighted by molar-refractivity contribution is 0.0374. The molecule has 10 nitrogen and oxygen atoms in total. The third-order valence-electron chi connectivity index (χ3n) is 8.06. The maximum absolute atomic E-state index is 13.6. The van der Waals surface area contributed by atoms with E-state index in [1.54, 1.807) is 39.3 Å². The Labute approximate surface area is 246 Å². The van der Waals surface area contributed by atoms with E-state index >= 15 is 0 Å². The largest absolute Gasteiger partial charge is 0.506 e. The van der Waals surface area contributed by atoms with E-state index in [-0.39, 0.29) is 23.8 Å². The number of phenolic OH excluding ortho intramolecular Hbond substituents is 1. The van der Waals surface area contributed by atoms with Crippen LogP contribution in [-0.4, -0.2) is 86.7 Å². The molecule has 1 aromatic heterocycles. The first kappa shape index (κ1) is 29.5. The molecule has 2 aliphatic rings. The molecule has 224 valence electrons. The SMILES string of the molecule is CCOC(=O)c1c(-c2cccc(C(=O)NCCCN3CCOCC3)c2O)c(C)n2c1-c1cc(OC)c(OC)cc1CC2. The van der Waals surface area contributed by atoms with Crippen LogP contribution >= 0.6 is 0 Å². The number of para-hydroxylation sites is 1. The molecule has 0 bridgehead atoms. The van der Waals surface area contributed by atoms with Gasteiger partial charge in [-0.15, -0.1) is 0 Å². The van der Waals surface area contributed by atoms with Gasteiger partial charge in [-0.3, -0.25) is 9.69 Å². The van der Waals surface area contributed by atoms with E-state index in [2.05, 4.69) is 14.8 Å². The maximum atomic E-state index is 13.6. The highest BCUT2D eigenvalue weighted by Crippen LogP contribution is 2.47. The normalized spacial score (nSPS) is 14.6. The second-order valence-corrected chi connectivity index (χ2v) is 10.4. The van der Waals surface area contributed by atoms with Gasteiger partial charge < -0.3 is 33.9 Å². The number of methoxy groups -OCH3 is 2. The monoisotopic (exact) mass is 577 g/mol. The van der Waals surface area contributed by atoms with Crippen LogP contribution in [0, 0.1) is 6.92 Å². The van der Waals surface area contributed by atoms with Crippen LogP contribution in [0.3, 0.4) is 0 Å². The lowest BCUT2D eigenvalue weighted by Crippen LogP contribution is -2.38. The smallest absolute Gasteiger partial charge is 0.340 e. The number of ether oxygens (including phenoxy) is 4. The average molecular weight is 578 g/mol. The Morgan fingerprint density at radius 2 is 1.79 bits per heavy atom. The fourth-order valence-corrected chi connectivity index (χ4v) is 5.96. The molecule has 1 amide bonds. The van der Waals surface area contributed by atoms with E-state index in [1.807, 2.05) is 19.1 Å². The fraction of sp³-hybridized carbons (Fsp3) is 0.438. The third-order valence-corrected chi connectivity index (χ3v) is 8.06. The van der Waals surface area contributed by atoms with E-state index in [4.69, 9.17) is 18.9 Å². The van der Waals surface area contributed by atoms with Gasteiger partial charge >= 0.3 is 5.97 Å². The standard InChI is InChI=1S/C32H39N3O7/c1-5-42-32(38)28-27(20(2)35-13-10-21-18-25(39-3)26(40-4)19-24(21)29(28)35)22-8-6-9-23(30(22)36)31(37)33-11-7-12-34-14-16-41-17-15-34/h6,8-9,18-19,36H,5,7,10-17H2,1-4H3,(H,33,37). The van der Waals surface area contributed by atoms with Gasteiger partial charge in [0.2, 0.25) is 0 Å². The van der Waals surface area contributed by atoms with Crippen LogP contribution in [0.15, 0.2) is 30.3 Å². The highest BCUT2D eigenvalue weighted by atomic mass is 16.5. The van der Waals surface area contributed by atoms with Crippen LogP contribution in [-0.2, 0) is 22.4 Å². The zero-order chi connectivity index (χ0) is 29.8. The topological polar surface area (TPSA) is 111 Å². The summed E-state index contributed by atoms with van der Waals surface area (Å²) in [5.74, 6) is 0.136. The number of hydrogen-bond donors (Lipinski definition) is 2. The number of aryl methyl sites for hydroxylation is 1. The third kappa shape index (κ3) is 5.56. The minimum atomic E-state index is -0.496. The number of carbonyl (C=O) groups excluding carboxylic acids is 2. The first-order chi connectivity index (χ1) is 20.4. The summed E-state index contributed by atoms with van der Waals surface area (Å²) in [7, 11) is 3.17. The van der Waals surface area contributed by atoms with Crippen molar-refractivity contribution in [3.8, 4) is 39.6 Å². The number of nitrogens with zero attached hydrogens (tertiary/aromatic N) is 2. The summed E-state index contributed by atoms with van der Waals surface area (Å²) < 4.78 is 24.1. The number of phenols is 1. The Morgan fingerprint density at radius 1 is 1.05 bits per heavy atom. The van der Waals surface area contributed by atoms with Gasteiger partial charge in [0.05, 0.1) is 50.9 Å². The highest BCUT2D eigenvalue weighted by molar-refractivity contribution is 6.07. The van der Waals surface area contributed by atoms with Gasteiger partial charge in [-0.1, -0.05) is 12.1 Å². The summed E-state index contributed by atoms with van der Waals surface area (Å²) in [6, 6.07) is 8.88. The predicted molar refractivity (Wildman–Crippen MR) is 159 cm³/mol. The Bertz CT molecular complexity index is 1470. The van der Waals surface area contributed by atoms with Crippen LogP contribution < -0.4 is 14.8 Å². The van der Waals surface area contributed by atoms with Crippen molar-refractivity contribution in [1.82, 2.24) is 14.8 Å². The van der Waals surface area contributed by atoms with Gasteiger partial charge in [0.25, 0.3) is 5.91 Å². The van der Waals surface area contributed by atoms with Gasteiger partial charge in [-0.2, -0.15) is 0 Å². The van der Waals surface area contributed by atoms with Crippen LogP contribution in [0.1, 0.15) is 45.3 Å². The minimum Gasteiger partial charge on any atom is -0.506 e. The number of carbonyl (C=O) groups is 2. The highest BCUT2D eigenvalue weighted by Gasteiger charge is 2.33. The number of nitrogens with one attached hydrogen (secondary N) is 1. The number of esters is 1. The number of fused-ring (bicyclic) bond motifs is 3. The lowest BCUT2D eigenvalue weighted by atomic mass is 9.92. The van der Waals surface area contributed by atoms with Gasteiger partial charge in [0.1, 0.15) is 5.75 Å². The fourth-order valence-electron chi connectivity index (χ4n) is 5.96. The summed E-state index contributed by atoms with van der Waals surface area (Å²) in [5, 5.41) is 14.4. The number of hydrogen-bond acceptors (Lipinski definition) is 8. The maximum Gasteiger partial charge on any atom is 0.340 e. The molecule has 42 heavy (non-hydrogen) atoms. The Kier molecular flexibility index (Phi) is 9.03. The number of benzene rings is 2. The van der Waals surface area contributed by atoms with Crippen molar-refractivity contribution in [2.45, 2.75) is 33.2 Å². The molecule has 10 heteroatoms.